The van der Waals surface area contributed by atoms with E-state index in [2.05, 4.69) is 15.6 Å². The highest BCUT2D eigenvalue weighted by molar-refractivity contribution is 6.31. The first-order valence-electron chi connectivity index (χ1n) is 11.9. The van der Waals surface area contributed by atoms with Gasteiger partial charge < -0.3 is 20.7 Å². The number of ketones is 1. The van der Waals surface area contributed by atoms with Crippen molar-refractivity contribution in [2.24, 2.45) is 11.7 Å². The van der Waals surface area contributed by atoms with Crippen molar-refractivity contribution in [2.75, 3.05) is 25.0 Å². The number of pyridine rings is 1. The Morgan fingerprint density at radius 3 is 2.76 bits per heavy atom. The van der Waals surface area contributed by atoms with Crippen molar-refractivity contribution < 1.29 is 27.9 Å². The summed E-state index contributed by atoms with van der Waals surface area (Å²) in [4.78, 5) is 42.9. The molecule has 9 nitrogen and oxygen atoms in total. The minimum Gasteiger partial charge on any atom is -0.447 e. The smallest absolute Gasteiger partial charge is 0.412 e. The number of nitrogens with two attached hydrogens (primary N) is 1. The second-order valence-corrected chi connectivity index (χ2v) is 9.39. The Labute approximate surface area is 222 Å². The number of rotatable bonds is 8. The molecule has 0 aliphatic carbocycles. The molecule has 3 amide bonds. The first-order chi connectivity index (χ1) is 18.2. The van der Waals surface area contributed by atoms with Crippen LogP contribution in [0.5, 0.6) is 0 Å². The average Bonchev–Trinajstić information content (AvgIpc) is 3.30. The number of fused-ring (bicyclic) bond motifs is 1. The van der Waals surface area contributed by atoms with Gasteiger partial charge in [0.2, 0.25) is 0 Å². The van der Waals surface area contributed by atoms with E-state index in [1.807, 2.05) is 0 Å². The van der Waals surface area contributed by atoms with Crippen LogP contribution in [0.15, 0.2) is 48.7 Å². The summed E-state index contributed by atoms with van der Waals surface area (Å²) >= 11 is 5.98. The molecule has 2 atom stereocenters. The zero-order chi connectivity index (χ0) is 27.2. The van der Waals surface area contributed by atoms with Gasteiger partial charge in [-0.15, -0.1) is 0 Å². The fourth-order valence-electron chi connectivity index (χ4n) is 4.42. The monoisotopic (exact) mass is 545 g/mol. The van der Waals surface area contributed by atoms with Crippen LogP contribution < -0.4 is 16.4 Å². The number of hydrogen-bond acceptors (Lipinski definition) is 6. The number of carbonyl (C=O) groups is 3. The number of ether oxygens (including phenoxy) is 1. The Bertz CT molecular complexity index is 1360. The fourth-order valence-corrected chi connectivity index (χ4v) is 4.62. The Morgan fingerprint density at radius 2 is 1.97 bits per heavy atom. The lowest BCUT2D eigenvalue weighted by molar-refractivity contribution is -0.118. The maximum atomic E-state index is 13.7. The first kappa shape index (κ1) is 27.2. The molecule has 4 N–H and O–H groups in total. The third-order valence-electron chi connectivity index (χ3n) is 6.29. The normalized spacial score (nSPS) is 16.9. The number of nitrogens with one attached hydrogen (secondary N) is 2. The number of likely N-dealkylation sites (tertiary alicyclic amines) is 1. The quantitative estimate of drug-likeness (QED) is 0.389. The number of benzene rings is 2. The van der Waals surface area contributed by atoms with Crippen LogP contribution in [-0.2, 0) is 16.1 Å². The number of nitrogens with zero attached hydrogens (tertiary/aromatic N) is 2. The maximum Gasteiger partial charge on any atom is 0.412 e. The summed E-state index contributed by atoms with van der Waals surface area (Å²) in [6.07, 6.45) is 1.30. The van der Waals surface area contributed by atoms with Gasteiger partial charge in [0.1, 0.15) is 29.8 Å². The highest BCUT2D eigenvalue weighted by atomic mass is 35.5. The summed E-state index contributed by atoms with van der Waals surface area (Å²) in [5.74, 6) is -1.14. The van der Waals surface area contributed by atoms with Crippen LogP contribution >= 0.6 is 11.6 Å². The highest BCUT2D eigenvalue weighted by Gasteiger charge is 2.36. The summed E-state index contributed by atoms with van der Waals surface area (Å²) < 4.78 is 32.6. The van der Waals surface area contributed by atoms with Crippen LogP contribution in [0.4, 0.5) is 24.2 Å². The Hall–Kier alpha value is -3.83. The molecule has 1 saturated heterocycles. The van der Waals surface area contributed by atoms with Gasteiger partial charge in [0.25, 0.3) is 0 Å². The molecular formula is C26H26ClF2N5O4. The van der Waals surface area contributed by atoms with E-state index in [0.29, 0.717) is 22.8 Å². The lowest BCUT2D eigenvalue weighted by atomic mass is 9.99. The maximum absolute atomic E-state index is 13.7. The molecule has 2 heterocycles. The molecule has 12 heteroatoms. The summed E-state index contributed by atoms with van der Waals surface area (Å²) in [6, 6.07) is 9.05. The molecule has 3 aromatic rings. The molecule has 0 bridgehead atoms. The summed E-state index contributed by atoms with van der Waals surface area (Å²) in [6.45, 7) is -0.00892. The molecule has 1 aromatic heterocycles. The molecule has 4 rings (SSSR count). The van der Waals surface area contributed by atoms with E-state index in [4.69, 9.17) is 22.1 Å². The molecule has 0 saturated carbocycles. The van der Waals surface area contributed by atoms with Gasteiger partial charge in [0, 0.05) is 31.1 Å². The van der Waals surface area contributed by atoms with Crippen molar-refractivity contribution in [3.63, 3.8) is 0 Å². The van der Waals surface area contributed by atoms with Crippen molar-refractivity contribution in [1.82, 2.24) is 15.2 Å². The molecule has 200 valence electrons. The standard InChI is InChI=1S/C26H26ClF2N5O4/c27-24-17(2-1-3-22(24)29)12-32-25(36)34-13-15(7-21(35)10-30)6-20(34)14-38-26(37)33-23-9-18-8-19(28)5-4-16(18)11-31-23/h1-5,8-9,11,15,20H,6-7,10,12-14,30H2,(H,32,36)(H,31,33,37)/t15-,20-/m0/s1. The van der Waals surface area contributed by atoms with E-state index in [1.54, 1.807) is 12.1 Å². The number of Topliss-reactive ketones (excluding diaryl/α,β-unsaturated/α-hetero) is 1. The van der Waals surface area contributed by atoms with Crippen molar-refractivity contribution >= 4 is 46.1 Å². The first-order valence-corrected chi connectivity index (χ1v) is 12.3. The van der Waals surface area contributed by atoms with Gasteiger partial charge in [0.15, 0.2) is 0 Å². The van der Waals surface area contributed by atoms with Gasteiger partial charge in [-0.1, -0.05) is 23.7 Å². The molecular weight excluding hydrogens is 520 g/mol. The molecule has 1 fully saturated rings. The molecule has 38 heavy (non-hydrogen) atoms. The highest BCUT2D eigenvalue weighted by Crippen LogP contribution is 2.27. The second-order valence-electron chi connectivity index (χ2n) is 9.01. The lowest BCUT2D eigenvalue weighted by Gasteiger charge is -2.25. The van der Waals surface area contributed by atoms with E-state index in [9.17, 15) is 23.2 Å². The Balaban J connectivity index is 1.38. The summed E-state index contributed by atoms with van der Waals surface area (Å²) in [5, 5.41) is 6.38. The van der Waals surface area contributed by atoms with Crippen molar-refractivity contribution in [2.45, 2.75) is 25.4 Å². The minimum atomic E-state index is -0.804. The van der Waals surface area contributed by atoms with E-state index in [0.717, 1.165) is 0 Å². The van der Waals surface area contributed by atoms with Gasteiger partial charge in [-0.3, -0.25) is 10.1 Å². The van der Waals surface area contributed by atoms with Crippen LogP contribution in [0.1, 0.15) is 18.4 Å². The number of carbonyl (C=O) groups excluding carboxylic acids is 3. The SMILES string of the molecule is NCC(=O)C[C@@H]1C[C@@H](COC(=O)Nc2cc3cc(F)ccc3cn2)N(C(=O)NCc2cccc(F)c2Cl)C1. The number of hydrogen-bond donors (Lipinski definition) is 3. The Morgan fingerprint density at radius 1 is 1.16 bits per heavy atom. The molecule has 0 spiro atoms. The molecule has 1 aliphatic rings. The molecule has 2 aromatic carbocycles. The van der Waals surface area contributed by atoms with Crippen LogP contribution in [0, 0.1) is 17.6 Å². The van der Waals surface area contributed by atoms with Gasteiger partial charge in [-0.05, 0) is 53.6 Å². The topological polar surface area (TPSA) is 127 Å². The third kappa shape index (κ3) is 6.73. The van der Waals surface area contributed by atoms with Crippen LogP contribution in [0.25, 0.3) is 10.8 Å². The number of aromatic nitrogens is 1. The summed E-state index contributed by atoms with van der Waals surface area (Å²) in [5.41, 5.74) is 5.85. The lowest BCUT2D eigenvalue weighted by Crippen LogP contribution is -2.45. The van der Waals surface area contributed by atoms with Crippen LogP contribution in [0.2, 0.25) is 5.02 Å². The largest absolute Gasteiger partial charge is 0.447 e. The average molecular weight is 546 g/mol. The van der Waals surface area contributed by atoms with E-state index < -0.39 is 29.8 Å². The van der Waals surface area contributed by atoms with E-state index >= 15 is 0 Å². The van der Waals surface area contributed by atoms with Crippen LogP contribution in [-0.4, -0.2) is 53.5 Å². The fraction of sp³-hybridized carbons (Fsp3) is 0.308. The number of halogens is 3. The third-order valence-corrected chi connectivity index (χ3v) is 6.71. The molecule has 0 unspecified atom stereocenters. The number of urea groups is 1. The van der Waals surface area contributed by atoms with Crippen molar-refractivity contribution in [3.8, 4) is 0 Å². The second kappa shape index (κ2) is 12.1. The molecule has 0 radical (unpaired) electrons. The predicted octanol–water partition coefficient (Wildman–Crippen LogP) is 4.23. The van der Waals surface area contributed by atoms with Crippen molar-refractivity contribution in [3.05, 3.63) is 70.9 Å². The zero-order valence-corrected chi connectivity index (χ0v) is 21.0. The summed E-state index contributed by atoms with van der Waals surface area (Å²) in [7, 11) is 0. The van der Waals surface area contributed by atoms with E-state index in [1.165, 1.54) is 41.4 Å². The molecule has 1 aliphatic heterocycles. The number of anilines is 1. The van der Waals surface area contributed by atoms with Crippen LogP contribution in [0.3, 0.4) is 0 Å². The van der Waals surface area contributed by atoms with Gasteiger partial charge in [0.05, 0.1) is 17.6 Å². The number of amides is 3. The van der Waals surface area contributed by atoms with Gasteiger partial charge in [-0.25, -0.2) is 23.4 Å². The van der Waals surface area contributed by atoms with Gasteiger partial charge in [-0.2, -0.15) is 0 Å². The Kier molecular flexibility index (Phi) is 8.70. The minimum absolute atomic E-state index is 0.0133. The zero-order valence-electron chi connectivity index (χ0n) is 20.3. The van der Waals surface area contributed by atoms with Crippen molar-refractivity contribution in [1.29, 1.82) is 0 Å². The predicted molar refractivity (Wildman–Crippen MR) is 138 cm³/mol. The van der Waals surface area contributed by atoms with E-state index in [-0.39, 0.29) is 55.2 Å². The van der Waals surface area contributed by atoms with Gasteiger partial charge >= 0.3 is 12.1 Å².